The number of ether oxygens (including phenoxy) is 1. The Bertz CT molecular complexity index is 783. The Kier molecular flexibility index (Phi) is 3.58. The second-order valence-electron chi connectivity index (χ2n) is 8.12. The van der Waals surface area contributed by atoms with Crippen LogP contribution in [-0.2, 0) is 0 Å². The molecule has 0 amide bonds. The van der Waals surface area contributed by atoms with Gasteiger partial charge in [-0.05, 0) is 50.0 Å². The molecule has 2 aliphatic carbocycles. The van der Waals surface area contributed by atoms with Gasteiger partial charge in [0.05, 0.1) is 5.69 Å². The van der Waals surface area contributed by atoms with Crippen molar-refractivity contribution in [3.63, 3.8) is 0 Å². The fourth-order valence-electron chi connectivity index (χ4n) is 4.11. The molecular weight excluding hydrogens is 316 g/mol. The lowest BCUT2D eigenvalue weighted by Crippen LogP contribution is -2.33. The van der Waals surface area contributed by atoms with Crippen LogP contribution in [-0.4, -0.2) is 44.8 Å². The van der Waals surface area contributed by atoms with Gasteiger partial charge in [-0.15, -0.1) is 5.10 Å². The van der Waals surface area contributed by atoms with Crippen molar-refractivity contribution in [1.29, 1.82) is 0 Å². The van der Waals surface area contributed by atoms with Gasteiger partial charge in [-0.2, -0.15) is 9.50 Å². The van der Waals surface area contributed by atoms with E-state index in [0.29, 0.717) is 23.8 Å². The van der Waals surface area contributed by atoms with Crippen molar-refractivity contribution < 1.29 is 4.74 Å². The molecule has 7 heteroatoms. The summed E-state index contributed by atoms with van der Waals surface area (Å²) in [5.74, 6) is 3.50. The van der Waals surface area contributed by atoms with Crippen LogP contribution in [0.5, 0.6) is 6.01 Å². The number of nitrogens with one attached hydrogen (secondary N) is 2. The first-order chi connectivity index (χ1) is 12.2. The molecule has 0 unspecified atom stereocenters. The first kappa shape index (κ1) is 15.4. The fraction of sp³-hybridized carbons (Fsp3) is 0.722. The molecule has 0 aromatic carbocycles. The smallest absolute Gasteiger partial charge is 0.338 e. The number of anilines is 1. The molecule has 7 nitrogen and oxygen atoms in total. The zero-order valence-corrected chi connectivity index (χ0v) is 14.9. The van der Waals surface area contributed by atoms with E-state index in [9.17, 15) is 0 Å². The van der Waals surface area contributed by atoms with Crippen LogP contribution in [0.1, 0.15) is 51.1 Å². The van der Waals surface area contributed by atoms with Crippen LogP contribution >= 0.6 is 0 Å². The summed E-state index contributed by atoms with van der Waals surface area (Å²) < 4.78 is 7.57. The summed E-state index contributed by atoms with van der Waals surface area (Å²) in [6.45, 7) is 6.46. The number of aromatic nitrogens is 4. The number of piperidine rings is 1. The number of fused-ring (bicyclic) bond motifs is 3. The Balaban J connectivity index is 1.41. The lowest BCUT2D eigenvalue weighted by Gasteiger charge is -2.23. The highest BCUT2D eigenvalue weighted by atomic mass is 16.5. The van der Waals surface area contributed by atoms with Crippen molar-refractivity contribution in [2.75, 3.05) is 18.4 Å². The third kappa shape index (κ3) is 2.94. The summed E-state index contributed by atoms with van der Waals surface area (Å²) >= 11 is 0. The zero-order chi connectivity index (χ0) is 17.0. The largest absolute Gasteiger partial charge is 0.459 e. The van der Waals surface area contributed by atoms with Crippen molar-refractivity contribution in [3.05, 3.63) is 11.8 Å². The molecule has 2 aromatic rings. The maximum atomic E-state index is 5.76. The highest BCUT2D eigenvalue weighted by Crippen LogP contribution is 2.36. The summed E-state index contributed by atoms with van der Waals surface area (Å²) in [6.07, 6.45) is 5.10. The predicted octanol–water partition coefficient (Wildman–Crippen LogP) is 2.20. The highest BCUT2D eigenvalue weighted by Gasteiger charge is 2.39. The van der Waals surface area contributed by atoms with Gasteiger partial charge in [-0.3, -0.25) is 0 Å². The Hall–Kier alpha value is -1.89. The van der Waals surface area contributed by atoms with E-state index in [4.69, 9.17) is 4.74 Å². The molecule has 1 saturated heterocycles. The third-order valence-electron chi connectivity index (χ3n) is 5.76. The standard InChI is InChI=1S/C18H26N6O/c1-10(2)15-7-16(20-9-12-6-13-5-11(12)8-19-13)24-17(21-15)22-18(23-24)25-14-3-4-14/h7,10-14,19-20H,3-6,8-9H2,1-2H3/t11-,12-,13-/m0/s1. The van der Waals surface area contributed by atoms with Crippen molar-refractivity contribution >= 4 is 11.6 Å². The van der Waals surface area contributed by atoms with Gasteiger partial charge in [0.25, 0.3) is 5.78 Å². The van der Waals surface area contributed by atoms with Gasteiger partial charge in [-0.1, -0.05) is 13.8 Å². The van der Waals surface area contributed by atoms with E-state index in [1.165, 1.54) is 19.4 Å². The quantitative estimate of drug-likeness (QED) is 0.838. The van der Waals surface area contributed by atoms with Gasteiger partial charge < -0.3 is 15.4 Å². The summed E-state index contributed by atoms with van der Waals surface area (Å²) in [7, 11) is 0. The Morgan fingerprint density at radius 1 is 1.32 bits per heavy atom. The Morgan fingerprint density at radius 3 is 2.88 bits per heavy atom. The van der Waals surface area contributed by atoms with Gasteiger partial charge in [0.15, 0.2) is 0 Å². The Morgan fingerprint density at radius 2 is 2.20 bits per heavy atom. The molecule has 3 aliphatic rings. The minimum Gasteiger partial charge on any atom is -0.459 e. The van der Waals surface area contributed by atoms with Gasteiger partial charge in [0.2, 0.25) is 0 Å². The van der Waals surface area contributed by atoms with Crippen molar-refractivity contribution in [2.45, 2.75) is 57.6 Å². The topological polar surface area (TPSA) is 76.4 Å². The molecule has 3 atom stereocenters. The van der Waals surface area contributed by atoms with E-state index in [2.05, 4.69) is 45.6 Å². The van der Waals surface area contributed by atoms with Crippen molar-refractivity contribution in [2.24, 2.45) is 11.8 Å². The molecule has 0 radical (unpaired) electrons. The summed E-state index contributed by atoms with van der Waals surface area (Å²) in [6, 6.07) is 3.28. The van der Waals surface area contributed by atoms with E-state index < -0.39 is 0 Å². The van der Waals surface area contributed by atoms with E-state index in [-0.39, 0.29) is 0 Å². The minimum absolute atomic E-state index is 0.292. The predicted molar refractivity (Wildman–Crippen MR) is 95.0 cm³/mol. The molecule has 0 spiro atoms. The van der Waals surface area contributed by atoms with Crippen LogP contribution in [0.25, 0.3) is 5.78 Å². The molecule has 2 N–H and O–H groups in total. The number of hydrogen-bond acceptors (Lipinski definition) is 6. The molecule has 5 rings (SSSR count). The van der Waals surface area contributed by atoms with E-state index in [0.717, 1.165) is 48.8 Å². The maximum absolute atomic E-state index is 5.76. The van der Waals surface area contributed by atoms with Crippen LogP contribution in [0.3, 0.4) is 0 Å². The van der Waals surface area contributed by atoms with Gasteiger partial charge in [0.1, 0.15) is 11.9 Å². The summed E-state index contributed by atoms with van der Waals surface area (Å²) in [5, 5.41) is 11.7. The zero-order valence-electron chi connectivity index (χ0n) is 14.9. The molecule has 3 fully saturated rings. The molecule has 134 valence electrons. The third-order valence-corrected chi connectivity index (χ3v) is 5.76. The van der Waals surface area contributed by atoms with Crippen LogP contribution in [0.15, 0.2) is 6.07 Å². The van der Waals surface area contributed by atoms with Gasteiger partial charge >= 0.3 is 6.01 Å². The number of nitrogens with zero attached hydrogens (tertiary/aromatic N) is 4. The van der Waals surface area contributed by atoms with Crippen molar-refractivity contribution in [3.8, 4) is 6.01 Å². The van der Waals surface area contributed by atoms with E-state index in [1.807, 2.05) is 0 Å². The van der Waals surface area contributed by atoms with Crippen LogP contribution in [0, 0.1) is 11.8 Å². The average Bonchev–Trinajstić information content (AvgIpc) is 3.00. The average molecular weight is 342 g/mol. The van der Waals surface area contributed by atoms with E-state index in [1.54, 1.807) is 4.52 Å². The lowest BCUT2D eigenvalue weighted by molar-refractivity contribution is 0.279. The molecule has 2 aromatic heterocycles. The first-order valence-corrected chi connectivity index (χ1v) is 9.57. The maximum Gasteiger partial charge on any atom is 0.338 e. The molecule has 2 saturated carbocycles. The summed E-state index contributed by atoms with van der Waals surface area (Å²) in [4.78, 5) is 9.14. The van der Waals surface area contributed by atoms with Crippen LogP contribution in [0.2, 0.25) is 0 Å². The monoisotopic (exact) mass is 342 g/mol. The minimum atomic E-state index is 0.292. The second-order valence-corrected chi connectivity index (χ2v) is 8.12. The molecular formula is C18H26N6O. The highest BCUT2D eigenvalue weighted by molar-refractivity contribution is 5.46. The molecule has 2 bridgehead atoms. The SMILES string of the molecule is CC(C)c1cc(NC[C@@H]2C[C@@H]3C[C@H]2CN3)n2nc(OC3CC3)nc2n1. The molecule has 3 heterocycles. The second kappa shape index (κ2) is 5.83. The Labute approximate surface area is 147 Å². The number of hydrogen-bond donors (Lipinski definition) is 2. The first-order valence-electron chi connectivity index (χ1n) is 9.57. The van der Waals surface area contributed by atoms with Crippen LogP contribution in [0.4, 0.5) is 5.82 Å². The molecule has 1 aliphatic heterocycles. The fourth-order valence-corrected chi connectivity index (χ4v) is 4.11. The normalized spacial score (nSPS) is 28.2. The van der Waals surface area contributed by atoms with Crippen molar-refractivity contribution in [1.82, 2.24) is 24.9 Å². The molecule has 25 heavy (non-hydrogen) atoms. The summed E-state index contributed by atoms with van der Waals surface area (Å²) in [5.41, 5.74) is 1.04. The van der Waals surface area contributed by atoms with Crippen LogP contribution < -0.4 is 15.4 Å². The lowest BCUT2D eigenvalue weighted by atomic mass is 9.95. The van der Waals surface area contributed by atoms with Gasteiger partial charge in [-0.25, -0.2) is 4.98 Å². The van der Waals surface area contributed by atoms with Gasteiger partial charge in [0, 0.05) is 18.7 Å². The van der Waals surface area contributed by atoms with E-state index >= 15 is 0 Å². The number of rotatable bonds is 6.